The second kappa shape index (κ2) is 2.94. The Labute approximate surface area is 85.1 Å². The third-order valence-electron chi connectivity index (χ3n) is 3.07. The van der Waals surface area contributed by atoms with E-state index in [-0.39, 0.29) is 11.3 Å². The average Bonchev–Trinajstić information content (AvgIpc) is 2.44. The van der Waals surface area contributed by atoms with Gasteiger partial charge in [-0.2, -0.15) is 0 Å². The summed E-state index contributed by atoms with van der Waals surface area (Å²) >= 11 is 0. The molecule has 0 radical (unpaired) electrons. The maximum atomic E-state index is 12.0. The number of benzene rings is 1. The van der Waals surface area contributed by atoms with E-state index in [4.69, 9.17) is 0 Å². The van der Waals surface area contributed by atoms with Gasteiger partial charge in [0.1, 0.15) is 0 Å². The zero-order valence-corrected chi connectivity index (χ0v) is 9.00. The maximum Gasteiger partial charge on any atom is 0.167 e. The fraction of sp³-hybridized carbons (Fsp3) is 0.462. The van der Waals surface area contributed by atoms with Crippen molar-refractivity contribution in [1.82, 2.24) is 0 Å². The summed E-state index contributed by atoms with van der Waals surface area (Å²) in [6.07, 6.45) is 0.915. The quantitative estimate of drug-likeness (QED) is 0.611. The van der Waals surface area contributed by atoms with Crippen LogP contribution in [0.4, 0.5) is 0 Å². The molecule has 1 aromatic carbocycles. The van der Waals surface area contributed by atoms with E-state index in [1.165, 1.54) is 5.56 Å². The minimum absolute atomic E-state index is 0.0795. The molecule has 0 unspecified atom stereocenters. The van der Waals surface area contributed by atoms with Crippen LogP contribution in [-0.4, -0.2) is 5.78 Å². The molecule has 2 rings (SSSR count). The Hall–Kier alpha value is -1.11. The first kappa shape index (κ1) is 9.45. The SMILES string of the molecule is CC(C)(C)[C@H]1Cc2ccccc2C1=O. The van der Waals surface area contributed by atoms with Crippen molar-refractivity contribution in [3.63, 3.8) is 0 Å². The van der Waals surface area contributed by atoms with Crippen molar-refractivity contribution in [3.05, 3.63) is 35.4 Å². The van der Waals surface area contributed by atoms with Gasteiger partial charge in [0.05, 0.1) is 0 Å². The Bertz CT molecular complexity index is 371. The Balaban J connectivity index is 2.40. The third kappa shape index (κ3) is 1.37. The molecule has 0 saturated heterocycles. The first-order chi connectivity index (χ1) is 6.50. The Morgan fingerprint density at radius 1 is 1.21 bits per heavy atom. The number of Topliss-reactive ketones (excluding diaryl/α,β-unsaturated/α-hetero) is 1. The van der Waals surface area contributed by atoms with Gasteiger partial charge in [-0.05, 0) is 17.4 Å². The zero-order chi connectivity index (χ0) is 10.3. The summed E-state index contributed by atoms with van der Waals surface area (Å²) in [6, 6.07) is 7.97. The van der Waals surface area contributed by atoms with Crippen LogP contribution in [0.15, 0.2) is 24.3 Å². The van der Waals surface area contributed by atoms with Crippen LogP contribution in [0.3, 0.4) is 0 Å². The number of fused-ring (bicyclic) bond motifs is 1. The molecule has 0 N–H and O–H groups in total. The standard InChI is InChI=1S/C13H16O/c1-13(2,3)11-8-9-6-4-5-7-10(9)12(11)14/h4-7,11H,8H2,1-3H3/t11-/m0/s1. The summed E-state index contributed by atoms with van der Waals surface area (Å²) in [5, 5.41) is 0. The van der Waals surface area contributed by atoms with Gasteiger partial charge in [0.15, 0.2) is 5.78 Å². The molecule has 0 aromatic heterocycles. The number of rotatable bonds is 0. The van der Waals surface area contributed by atoms with Crippen LogP contribution in [0.25, 0.3) is 0 Å². The first-order valence-corrected chi connectivity index (χ1v) is 5.12. The van der Waals surface area contributed by atoms with Gasteiger partial charge in [-0.15, -0.1) is 0 Å². The van der Waals surface area contributed by atoms with Gasteiger partial charge in [-0.3, -0.25) is 4.79 Å². The molecule has 0 fully saturated rings. The van der Waals surface area contributed by atoms with Gasteiger partial charge in [0.25, 0.3) is 0 Å². The van der Waals surface area contributed by atoms with Crippen LogP contribution >= 0.6 is 0 Å². The lowest BCUT2D eigenvalue weighted by molar-refractivity contribution is 0.0843. The van der Waals surface area contributed by atoms with E-state index in [9.17, 15) is 4.79 Å². The molecule has 14 heavy (non-hydrogen) atoms. The highest BCUT2D eigenvalue weighted by molar-refractivity contribution is 6.02. The molecule has 1 aliphatic carbocycles. The van der Waals surface area contributed by atoms with Crippen LogP contribution < -0.4 is 0 Å². The van der Waals surface area contributed by atoms with Crippen molar-refractivity contribution < 1.29 is 4.79 Å². The van der Waals surface area contributed by atoms with E-state index in [1.54, 1.807) is 0 Å². The second-order valence-corrected chi connectivity index (χ2v) is 5.14. The molecule has 1 nitrogen and oxygen atoms in total. The van der Waals surface area contributed by atoms with Gasteiger partial charge >= 0.3 is 0 Å². The van der Waals surface area contributed by atoms with Gasteiger partial charge in [0, 0.05) is 11.5 Å². The predicted octanol–water partition coefficient (Wildman–Crippen LogP) is 3.09. The van der Waals surface area contributed by atoms with Gasteiger partial charge in [-0.25, -0.2) is 0 Å². The normalized spacial score (nSPS) is 21.1. The highest BCUT2D eigenvalue weighted by Gasteiger charge is 2.37. The van der Waals surface area contributed by atoms with E-state index in [0.717, 1.165) is 12.0 Å². The van der Waals surface area contributed by atoms with Crippen LogP contribution in [0.1, 0.15) is 36.7 Å². The molecule has 0 spiro atoms. The highest BCUT2D eigenvalue weighted by Crippen LogP contribution is 2.37. The number of carbonyl (C=O) groups excluding carboxylic acids is 1. The summed E-state index contributed by atoms with van der Waals surface area (Å²) in [5.41, 5.74) is 2.24. The number of ketones is 1. The number of carbonyl (C=O) groups is 1. The van der Waals surface area contributed by atoms with Crippen molar-refractivity contribution in [2.24, 2.45) is 11.3 Å². The molecule has 1 heteroatoms. The van der Waals surface area contributed by atoms with Crippen molar-refractivity contribution in [3.8, 4) is 0 Å². The second-order valence-electron chi connectivity index (χ2n) is 5.14. The summed E-state index contributed by atoms with van der Waals surface area (Å²) < 4.78 is 0. The Morgan fingerprint density at radius 2 is 1.86 bits per heavy atom. The smallest absolute Gasteiger partial charge is 0.167 e. The van der Waals surface area contributed by atoms with Crippen LogP contribution in [0.5, 0.6) is 0 Å². The van der Waals surface area contributed by atoms with Gasteiger partial charge in [-0.1, -0.05) is 45.0 Å². The fourth-order valence-corrected chi connectivity index (χ4v) is 2.14. The molecule has 0 amide bonds. The van der Waals surface area contributed by atoms with E-state index in [0.29, 0.717) is 5.78 Å². The van der Waals surface area contributed by atoms with Crippen molar-refractivity contribution >= 4 is 5.78 Å². The number of hydrogen-bond acceptors (Lipinski definition) is 1. The molecule has 74 valence electrons. The van der Waals surface area contributed by atoms with Crippen molar-refractivity contribution in [2.75, 3.05) is 0 Å². The van der Waals surface area contributed by atoms with Crippen molar-refractivity contribution in [1.29, 1.82) is 0 Å². The fourth-order valence-electron chi connectivity index (χ4n) is 2.14. The lowest BCUT2D eigenvalue weighted by Crippen LogP contribution is -2.25. The lowest BCUT2D eigenvalue weighted by atomic mass is 9.78. The first-order valence-electron chi connectivity index (χ1n) is 5.12. The maximum absolute atomic E-state index is 12.0. The minimum atomic E-state index is 0.0795. The summed E-state index contributed by atoms with van der Waals surface area (Å²) in [4.78, 5) is 12.0. The zero-order valence-electron chi connectivity index (χ0n) is 9.00. The molecule has 0 saturated carbocycles. The summed E-state index contributed by atoms with van der Waals surface area (Å²) in [7, 11) is 0. The Kier molecular flexibility index (Phi) is 1.99. The topological polar surface area (TPSA) is 17.1 Å². The van der Waals surface area contributed by atoms with Crippen molar-refractivity contribution in [2.45, 2.75) is 27.2 Å². The average molecular weight is 188 g/mol. The van der Waals surface area contributed by atoms with E-state index >= 15 is 0 Å². The van der Waals surface area contributed by atoms with Crippen LogP contribution in [-0.2, 0) is 6.42 Å². The van der Waals surface area contributed by atoms with Crippen LogP contribution in [0, 0.1) is 11.3 Å². The molecule has 0 aliphatic heterocycles. The monoisotopic (exact) mass is 188 g/mol. The molecule has 0 bridgehead atoms. The van der Waals surface area contributed by atoms with Gasteiger partial charge in [0.2, 0.25) is 0 Å². The van der Waals surface area contributed by atoms with Crippen LogP contribution in [0.2, 0.25) is 0 Å². The highest BCUT2D eigenvalue weighted by atomic mass is 16.1. The Morgan fingerprint density at radius 3 is 2.43 bits per heavy atom. The van der Waals surface area contributed by atoms with Gasteiger partial charge < -0.3 is 0 Å². The summed E-state index contributed by atoms with van der Waals surface area (Å²) in [5.74, 6) is 0.494. The molecule has 1 aliphatic rings. The minimum Gasteiger partial charge on any atom is -0.294 e. The number of hydrogen-bond donors (Lipinski definition) is 0. The van der Waals surface area contributed by atoms with E-state index in [1.807, 2.05) is 18.2 Å². The largest absolute Gasteiger partial charge is 0.294 e. The molecular formula is C13H16O. The molecular weight excluding hydrogens is 172 g/mol. The van der Waals surface area contributed by atoms with E-state index in [2.05, 4.69) is 26.8 Å². The lowest BCUT2D eigenvalue weighted by Gasteiger charge is -2.24. The van der Waals surface area contributed by atoms with E-state index < -0.39 is 0 Å². The molecule has 1 atom stereocenters. The third-order valence-corrected chi connectivity index (χ3v) is 3.07. The summed E-state index contributed by atoms with van der Waals surface area (Å²) in [6.45, 7) is 6.42. The molecule has 0 heterocycles. The molecule has 1 aromatic rings. The predicted molar refractivity (Wildman–Crippen MR) is 57.4 cm³/mol.